The Morgan fingerprint density at radius 3 is 2.47 bits per heavy atom. The second-order valence-electron chi connectivity index (χ2n) is 5.47. The maximum absolute atomic E-state index is 9.43. The first kappa shape index (κ1) is 12.6. The molecule has 1 nitrogen and oxygen atoms in total. The Morgan fingerprint density at radius 1 is 1.18 bits per heavy atom. The van der Waals surface area contributed by atoms with Crippen LogP contribution in [-0.4, -0.2) is 11.7 Å². The zero-order valence-electron chi connectivity index (χ0n) is 11.0. The lowest BCUT2D eigenvalue weighted by atomic mass is 9.64. The second kappa shape index (κ2) is 5.68. The van der Waals surface area contributed by atoms with E-state index in [0.29, 0.717) is 24.4 Å². The van der Waals surface area contributed by atoms with Crippen LogP contribution >= 0.6 is 0 Å². The summed E-state index contributed by atoms with van der Waals surface area (Å²) in [6.45, 7) is 4.97. The molecule has 0 radical (unpaired) electrons. The van der Waals surface area contributed by atoms with Gasteiger partial charge in [0.25, 0.3) is 0 Å². The number of aliphatic hydroxyl groups excluding tert-OH is 1. The van der Waals surface area contributed by atoms with Crippen molar-refractivity contribution in [2.24, 2.45) is 17.8 Å². The molecule has 2 rings (SSSR count). The van der Waals surface area contributed by atoms with Crippen LogP contribution in [0.4, 0.5) is 0 Å². The van der Waals surface area contributed by atoms with Crippen molar-refractivity contribution in [3.05, 3.63) is 35.9 Å². The maximum atomic E-state index is 9.43. The molecule has 0 bridgehead atoms. The Hall–Kier alpha value is -0.820. The highest BCUT2D eigenvalue weighted by molar-refractivity contribution is 5.21. The third-order valence-electron chi connectivity index (χ3n) is 4.72. The van der Waals surface area contributed by atoms with E-state index < -0.39 is 0 Å². The van der Waals surface area contributed by atoms with E-state index in [-0.39, 0.29) is 0 Å². The highest BCUT2D eigenvalue weighted by Gasteiger charge is 2.35. The third kappa shape index (κ3) is 2.55. The molecular formula is C16H24O. The minimum atomic E-state index is 0.360. The summed E-state index contributed by atoms with van der Waals surface area (Å²) in [7, 11) is 0. The summed E-state index contributed by atoms with van der Waals surface area (Å²) in [5.41, 5.74) is 1.49. The molecule has 0 heterocycles. The lowest BCUT2D eigenvalue weighted by Crippen LogP contribution is -2.33. The first-order chi connectivity index (χ1) is 8.27. The van der Waals surface area contributed by atoms with Gasteiger partial charge >= 0.3 is 0 Å². The van der Waals surface area contributed by atoms with Crippen LogP contribution in [0, 0.1) is 17.8 Å². The van der Waals surface area contributed by atoms with Crippen molar-refractivity contribution in [3.63, 3.8) is 0 Å². The van der Waals surface area contributed by atoms with Crippen LogP contribution in [0.3, 0.4) is 0 Å². The molecule has 94 valence electrons. The monoisotopic (exact) mass is 232 g/mol. The van der Waals surface area contributed by atoms with E-state index in [2.05, 4.69) is 44.2 Å². The Morgan fingerprint density at radius 2 is 1.88 bits per heavy atom. The van der Waals surface area contributed by atoms with Crippen molar-refractivity contribution >= 4 is 0 Å². The molecule has 0 amide bonds. The number of benzene rings is 1. The van der Waals surface area contributed by atoms with Crippen molar-refractivity contribution < 1.29 is 5.11 Å². The fraction of sp³-hybridized carbons (Fsp3) is 0.625. The van der Waals surface area contributed by atoms with Gasteiger partial charge in [-0.15, -0.1) is 0 Å². The van der Waals surface area contributed by atoms with Crippen molar-refractivity contribution in [1.29, 1.82) is 0 Å². The van der Waals surface area contributed by atoms with Gasteiger partial charge in [0.1, 0.15) is 0 Å². The van der Waals surface area contributed by atoms with E-state index in [4.69, 9.17) is 0 Å². The number of hydrogen-bond acceptors (Lipinski definition) is 1. The van der Waals surface area contributed by atoms with Gasteiger partial charge in [-0.25, -0.2) is 0 Å². The molecule has 4 unspecified atom stereocenters. The van der Waals surface area contributed by atoms with Gasteiger partial charge in [-0.3, -0.25) is 0 Å². The fourth-order valence-electron chi connectivity index (χ4n) is 3.61. The van der Waals surface area contributed by atoms with E-state index in [1.54, 1.807) is 0 Å². The van der Waals surface area contributed by atoms with E-state index in [1.165, 1.54) is 24.8 Å². The Labute approximate surface area is 105 Å². The molecule has 1 N–H and O–H groups in total. The Balaban J connectivity index is 2.18. The van der Waals surface area contributed by atoms with E-state index in [1.807, 2.05) is 0 Å². The summed E-state index contributed by atoms with van der Waals surface area (Å²) in [4.78, 5) is 0. The molecule has 4 atom stereocenters. The molecule has 1 aromatic carbocycles. The minimum absolute atomic E-state index is 0.360. The van der Waals surface area contributed by atoms with Crippen LogP contribution in [0.5, 0.6) is 0 Å². The SMILES string of the molecule is CCC1C(c2ccccc2)CCC(CO)C1C. The molecule has 0 aliphatic heterocycles. The summed E-state index contributed by atoms with van der Waals surface area (Å²) < 4.78 is 0. The number of rotatable bonds is 3. The van der Waals surface area contributed by atoms with Crippen LogP contribution < -0.4 is 0 Å². The topological polar surface area (TPSA) is 20.2 Å². The largest absolute Gasteiger partial charge is 0.396 e. The summed E-state index contributed by atoms with van der Waals surface area (Å²) in [6.07, 6.45) is 3.63. The summed E-state index contributed by atoms with van der Waals surface area (Å²) in [5.74, 6) is 2.58. The third-order valence-corrected chi connectivity index (χ3v) is 4.72. The smallest absolute Gasteiger partial charge is 0.0461 e. The minimum Gasteiger partial charge on any atom is -0.396 e. The average molecular weight is 232 g/mol. The quantitative estimate of drug-likeness (QED) is 0.839. The highest BCUT2D eigenvalue weighted by atomic mass is 16.3. The van der Waals surface area contributed by atoms with Gasteiger partial charge in [-0.05, 0) is 42.1 Å². The Kier molecular flexibility index (Phi) is 4.22. The Bertz CT molecular complexity index is 333. The first-order valence-electron chi connectivity index (χ1n) is 6.93. The van der Waals surface area contributed by atoms with Crippen LogP contribution in [-0.2, 0) is 0 Å². The van der Waals surface area contributed by atoms with Gasteiger partial charge in [0.05, 0.1) is 0 Å². The van der Waals surface area contributed by atoms with E-state index in [9.17, 15) is 5.11 Å². The van der Waals surface area contributed by atoms with Crippen molar-refractivity contribution in [2.75, 3.05) is 6.61 Å². The van der Waals surface area contributed by atoms with E-state index >= 15 is 0 Å². The molecule has 0 saturated heterocycles. The lowest BCUT2D eigenvalue weighted by molar-refractivity contribution is 0.0834. The van der Waals surface area contributed by atoms with Gasteiger partial charge in [0.2, 0.25) is 0 Å². The summed E-state index contributed by atoms with van der Waals surface area (Å²) >= 11 is 0. The van der Waals surface area contributed by atoms with Crippen molar-refractivity contribution in [2.45, 2.75) is 39.0 Å². The van der Waals surface area contributed by atoms with Crippen LogP contribution in [0.15, 0.2) is 30.3 Å². The van der Waals surface area contributed by atoms with E-state index in [0.717, 1.165) is 5.92 Å². The first-order valence-corrected chi connectivity index (χ1v) is 6.93. The lowest BCUT2D eigenvalue weighted by Gasteiger charge is -2.41. The number of aliphatic hydroxyl groups is 1. The van der Waals surface area contributed by atoms with Crippen LogP contribution in [0.1, 0.15) is 44.6 Å². The van der Waals surface area contributed by atoms with Crippen molar-refractivity contribution in [1.82, 2.24) is 0 Å². The molecule has 1 aliphatic carbocycles. The normalized spacial score (nSPS) is 33.6. The van der Waals surface area contributed by atoms with Gasteiger partial charge < -0.3 is 5.11 Å². The van der Waals surface area contributed by atoms with Gasteiger partial charge in [0.15, 0.2) is 0 Å². The van der Waals surface area contributed by atoms with Crippen molar-refractivity contribution in [3.8, 4) is 0 Å². The summed E-state index contributed by atoms with van der Waals surface area (Å²) in [6, 6.07) is 10.9. The zero-order valence-corrected chi connectivity index (χ0v) is 11.0. The second-order valence-corrected chi connectivity index (χ2v) is 5.47. The molecule has 1 fully saturated rings. The van der Waals surface area contributed by atoms with Crippen LogP contribution in [0.2, 0.25) is 0 Å². The fourth-order valence-corrected chi connectivity index (χ4v) is 3.61. The molecule has 0 aromatic heterocycles. The zero-order chi connectivity index (χ0) is 12.3. The molecular weight excluding hydrogens is 208 g/mol. The van der Waals surface area contributed by atoms with Gasteiger partial charge in [-0.1, -0.05) is 50.6 Å². The predicted molar refractivity (Wildman–Crippen MR) is 71.9 cm³/mol. The van der Waals surface area contributed by atoms with Gasteiger partial charge in [0, 0.05) is 6.61 Å². The standard InChI is InChI=1S/C16H24O/c1-3-15-12(2)14(11-17)9-10-16(15)13-7-5-4-6-8-13/h4-8,12,14-17H,3,9-11H2,1-2H3. The number of hydrogen-bond donors (Lipinski definition) is 1. The van der Waals surface area contributed by atoms with Gasteiger partial charge in [-0.2, -0.15) is 0 Å². The molecule has 0 spiro atoms. The summed E-state index contributed by atoms with van der Waals surface area (Å²) in [5, 5.41) is 9.43. The molecule has 1 saturated carbocycles. The molecule has 1 aromatic rings. The average Bonchev–Trinajstić information content (AvgIpc) is 2.39. The predicted octanol–water partition coefficient (Wildman–Crippen LogP) is 3.83. The molecule has 17 heavy (non-hydrogen) atoms. The molecule has 1 heteroatoms. The van der Waals surface area contributed by atoms with Crippen LogP contribution in [0.25, 0.3) is 0 Å². The maximum Gasteiger partial charge on any atom is 0.0461 e. The highest BCUT2D eigenvalue weighted by Crippen LogP contribution is 2.45. The molecule has 1 aliphatic rings.